The fraction of sp³-hybridized carbons (Fsp3) is 0.433. The molecule has 2 aromatic carbocycles. The molecule has 1 aromatic heterocycles. The highest BCUT2D eigenvalue weighted by molar-refractivity contribution is 5.78. The summed E-state index contributed by atoms with van der Waals surface area (Å²) in [4.78, 5) is 31.5. The van der Waals surface area contributed by atoms with Crippen LogP contribution in [0.5, 0.6) is 11.5 Å². The van der Waals surface area contributed by atoms with Gasteiger partial charge in [-0.15, -0.1) is 0 Å². The number of para-hydroxylation sites is 2. The van der Waals surface area contributed by atoms with Crippen molar-refractivity contribution < 1.29 is 9.53 Å². The Kier molecular flexibility index (Phi) is 7.51. The van der Waals surface area contributed by atoms with Crippen molar-refractivity contribution in [1.82, 2.24) is 24.7 Å². The molecular formula is C30H36N6O2. The Morgan fingerprint density at radius 2 is 1.55 bits per heavy atom. The monoisotopic (exact) mass is 512 g/mol. The highest BCUT2D eigenvalue weighted by atomic mass is 16.5. The third-order valence-electron chi connectivity index (χ3n) is 8.09. The summed E-state index contributed by atoms with van der Waals surface area (Å²) in [5.74, 6) is 2.68. The van der Waals surface area contributed by atoms with Crippen molar-refractivity contribution in [2.45, 2.75) is 25.3 Å². The van der Waals surface area contributed by atoms with E-state index in [1.807, 2.05) is 67.0 Å². The maximum absolute atomic E-state index is 12.9. The molecule has 2 aliphatic heterocycles. The van der Waals surface area contributed by atoms with Gasteiger partial charge in [0.05, 0.1) is 24.6 Å². The van der Waals surface area contributed by atoms with Gasteiger partial charge in [-0.3, -0.25) is 19.6 Å². The van der Waals surface area contributed by atoms with Gasteiger partial charge in [-0.25, -0.2) is 4.98 Å². The third kappa shape index (κ3) is 5.66. The largest absolute Gasteiger partial charge is 0.457 e. The standard InChI is InChI=1S/C30H36N6O2/c37-30(36-19-17-34(18-20-36)24-7-6-8-24)23-33-13-15-35(16-14-33)29-22-31-27(21-32-29)26-11-4-5-12-28(26)38-25-9-2-1-3-10-25/h1-5,9-12,21-22,24H,6-8,13-20,23H2. The Labute approximate surface area is 224 Å². The van der Waals surface area contributed by atoms with Crippen LogP contribution in [0.3, 0.4) is 0 Å². The normalized spacial score (nSPS) is 19.3. The van der Waals surface area contributed by atoms with Gasteiger partial charge in [-0.2, -0.15) is 0 Å². The number of rotatable bonds is 7. The molecule has 0 radical (unpaired) electrons. The average molecular weight is 513 g/mol. The summed E-state index contributed by atoms with van der Waals surface area (Å²) in [5, 5.41) is 0. The molecule has 0 unspecified atom stereocenters. The Balaban J connectivity index is 1.01. The molecule has 1 saturated carbocycles. The summed E-state index contributed by atoms with van der Waals surface area (Å²) >= 11 is 0. The van der Waals surface area contributed by atoms with Crippen LogP contribution < -0.4 is 9.64 Å². The van der Waals surface area contributed by atoms with Crippen molar-refractivity contribution in [3.8, 4) is 22.8 Å². The van der Waals surface area contributed by atoms with Crippen molar-refractivity contribution in [3.05, 3.63) is 67.0 Å². The molecule has 8 nitrogen and oxygen atoms in total. The maximum atomic E-state index is 12.9. The number of ether oxygens (including phenoxy) is 1. The van der Waals surface area contributed by atoms with Crippen LogP contribution in [0, 0.1) is 0 Å². The third-order valence-corrected chi connectivity index (χ3v) is 8.09. The van der Waals surface area contributed by atoms with Gasteiger partial charge in [-0.05, 0) is 37.1 Å². The molecule has 38 heavy (non-hydrogen) atoms. The van der Waals surface area contributed by atoms with Crippen molar-refractivity contribution in [2.24, 2.45) is 0 Å². The van der Waals surface area contributed by atoms with E-state index in [1.54, 1.807) is 0 Å². The first-order valence-corrected chi connectivity index (χ1v) is 13.9. The topological polar surface area (TPSA) is 65.0 Å². The van der Waals surface area contributed by atoms with E-state index in [0.29, 0.717) is 6.54 Å². The molecule has 1 amide bonds. The quantitative estimate of drug-likeness (QED) is 0.478. The van der Waals surface area contributed by atoms with Gasteiger partial charge < -0.3 is 14.5 Å². The van der Waals surface area contributed by atoms with E-state index in [9.17, 15) is 4.79 Å². The summed E-state index contributed by atoms with van der Waals surface area (Å²) in [6.45, 7) is 7.70. The van der Waals surface area contributed by atoms with Gasteiger partial charge in [0.2, 0.25) is 5.91 Å². The van der Waals surface area contributed by atoms with Crippen LogP contribution in [0.2, 0.25) is 0 Å². The van der Waals surface area contributed by atoms with Gasteiger partial charge in [-0.1, -0.05) is 36.8 Å². The minimum atomic E-state index is 0.271. The van der Waals surface area contributed by atoms with Crippen molar-refractivity contribution in [1.29, 1.82) is 0 Å². The van der Waals surface area contributed by atoms with E-state index < -0.39 is 0 Å². The Morgan fingerprint density at radius 1 is 0.816 bits per heavy atom. The molecule has 3 aromatic rings. The Bertz CT molecular complexity index is 1200. The molecule has 8 heteroatoms. The van der Waals surface area contributed by atoms with Crippen LogP contribution in [-0.4, -0.2) is 95.5 Å². The van der Waals surface area contributed by atoms with Crippen LogP contribution in [0.25, 0.3) is 11.3 Å². The number of carbonyl (C=O) groups is 1. The van der Waals surface area contributed by atoms with E-state index in [1.165, 1.54) is 19.3 Å². The van der Waals surface area contributed by atoms with Crippen LogP contribution in [0.1, 0.15) is 19.3 Å². The summed E-state index contributed by atoms with van der Waals surface area (Å²) in [6.07, 6.45) is 7.70. The lowest BCUT2D eigenvalue weighted by Gasteiger charge is -2.43. The van der Waals surface area contributed by atoms with Crippen molar-refractivity contribution >= 4 is 11.7 Å². The minimum absolute atomic E-state index is 0.271. The Hall–Kier alpha value is -3.49. The van der Waals surface area contributed by atoms with Crippen molar-refractivity contribution in [2.75, 3.05) is 63.8 Å². The molecule has 0 N–H and O–H groups in total. The van der Waals surface area contributed by atoms with E-state index in [2.05, 4.69) is 19.6 Å². The van der Waals surface area contributed by atoms with Crippen LogP contribution in [0.15, 0.2) is 67.0 Å². The first-order chi connectivity index (χ1) is 18.7. The zero-order valence-electron chi connectivity index (χ0n) is 21.9. The molecular weight excluding hydrogens is 476 g/mol. The number of carbonyl (C=O) groups excluding carboxylic acids is 1. The summed E-state index contributed by atoms with van der Waals surface area (Å²) < 4.78 is 6.10. The molecule has 2 saturated heterocycles. The van der Waals surface area contributed by atoms with Crippen molar-refractivity contribution in [3.63, 3.8) is 0 Å². The van der Waals surface area contributed by atoms with Gasteiger partial charge >= 0.3 is 0 Å². The second-order valence-electron chi connectivity index (χ2n) is 10.4. The number of hydrogen-bond acceptors (Lipinski definition) is 7. The molecule has 6 rings (SSSR count). The molecule has 0 spiro atoms. The second-order valence-corrected chi connectivity index (χ2v) is 10.4. The highest BCUT2D eigenvalue weighted by Crippen LogP contribution is 2.32. The van der Waals surface area contributed by atoms with E-state index in [0.717, 1.165) is 87.0 Å². The number of benzene rings is 2. The molecule has 3 fully saturated rings. The molecule has 198 valence electrons. The SMILES string of the molecule is O=C(CN1CCN(c2cnc(-c3ccccc3Oc3ccccc3)cn2)CC1)N1CCN(C2CCC2)CC1. The smallest absolute Gasteiger partial charge is 0.236 e. The number of amides is 1. The van der Waals surface area contributed by atoms with Gasteiger partial charge in [0.15, 0.2) is 0 Å². The maximum Gasteiger partial charge on any atom is 0.236 e. The predicted octanol–water partition coefficient (Wildman–Crippen LogP) is 3.75. The zero-order chi connectivity index (χ0) is 25.7. The van der Waals surface area contributed by atoms with Crippen LogP contribution in [0.4, 0.5) is 5.82 Å². The first kappa shape index (κ1) is 24.8. The zero-order valence-corrected chi connectivity index (χ0v) is 21.9. The molecule has 0 atom stereocenters. The molecule has 0 bridgehead atoms. The summed E-state index contributed by atoms with van der Waals surface area (Å²) in [7, 11) is 0. The van der Waals surface area contributed by atoms with Crippen LogP contribution >= 0.6 is 0 Å². The fourth-order valence-corrected chi connectivity index (χ4v) is 5.52. The first-order valence-electron chi connectivity index (χ1n) is 13.9. The van der Waals surface area contributed by atoms with Gasteiger partial charge in [0.25, 0.3) is 0 Å². The van der Waals surface area contributed by atoms with Gasteiger partial charge in [0, 0.05) is 64.0 Å². The van der Waals surface area contributed by atoms with Gasteiger partial charge in [0.1, 0.15) is 17.3 Å². The van der Waals surface area contributed by atoms with E-state index in [-0.39, 0.29) is 5.91 Å². The predicted molar refractivity (Wildman–Crippen MR) is 148 cm³/mol. The van der Waals surface area contributed by atoms with Crippen LogP contribution in [-0.2, 0) is 4.79 Å². The van der Waals surface area contributed by atoms with E-state index in [4.69, 9.17) is 14.7 Å². The average Bonchev–Trinajstić information content (AvgIpc) is 2.94. The summed E-state index contributed by atoms with van der Waals surface area (Å²) in [6, 6.07) is 18.4. The number of nitrogens with zero attached hydrogens (tertiary/aromatic N) is 6. The molecule has 3 aliphatic rings. The number of hydrogen-bond donors (Lipinski definition) is 0. The number of anilines is 1. The molecule has 1 aliphatic carbocycles. The number of piperazine rings is 2. The fourth-order valence-electron chi connectivity index (χ4n) is 5.52. The second kappa shape index (κ2) is 11.5. The minimum Gasteiger partial charge on any atom is -0.457 e. The lowest BCUT2D eigenvalue weighted by atomic mass is 9.91. The molecule has 3 heterocycles. The lowest BCUT2D eigenvalue weighted by molar-refractivity contribution is -0.134. The van der Waals surface area contributed by atoms with E-state index >= 15 is 0 Å². The summed E-state index contributed by atoms with van der Waals surface area (Å²) in [5.41, 5.74) is 1.69. The highest BCUT2D eigenvalue weighted by Gasteiger charge is 2.30. The number of aromatic nitrogens is 2. The Morgan fingerprint density at radius 3 is 2.24 bits per heavy atom. The lowest BCUT2D eigenvalue weighted by Crippen LogP contribution is -2.56.